The topological polar surface area (TPSA) is 27.7 Å². The standard InChI is InChI=1S/C30H38O3/c1-20-9-14-27-21(2)28(17-25-18-29(3)16-15-26(20)30(25,27)33-32-29)31-19-22-10-12-24(13-11-22)23-7-5-4-6-8-23/h4-8,10-13,20-21,25-28H,9,14-19H2,1-3H3/t20-,21-,25-,26?,27+,28-,29+,30?/m1/s1. The Morgan fingerprint density at radius 1 is 0.879 bits per heavy atom. The molecule has 3 aliphatic carbocycles. The van der Waals surface area contributed by atoms with Gasteiger partial charge >= 0.3 is 0 Å². The molecule has 176 valence electrons. The molecule has 0 amide bonds. The molecule has 3 heteroatoms. The highest BCUT2D eigenvalue weighted by molar-refractivity contribution is 5.63. The van der Waals surface area contributed by atoms with Gasteiger partial charge in [-0.15, -0.1) is 0 Å². The Bertz CT molecular complexity index is 972. The summed E-state index contributed by atoms with van der Waals surface area (Å²) in [5, 5.41) is 0. The van der Waals surface area contributed by atoms with Gasteiger partial charge in [-0.05, 0) is 91.7 Å². The first-order valence-electron chi connectivity index (χ1n) is 13.1. The summed E-state index contributed by atoms with van der Waals surface area (Å²) in [7, 11) is 0. The van der Waals surface area contributed by atoms with Gasteiger partial charge in [0.15, 0.2) is 0 Å². The van der Waals surface area contributed by atoms with Crippen LogP contribution in [0.3, 0.4) is 0 Å². The maximum atomic E-state index is 6.68. The van der Waals surface area contributed by atoms with Crippen LogP contribution in [0.1, 0.15) is 64.9 Å². The van der Waals surface area contributed by atoms with Crippen molar-refractivity contribution in [2.45, 2.75) is 83.2 Å². The van der Waals surface area contributed by atoms with E-state index in [4.69, 9.17) is 14.5 Å². The van der Waals surface area contributed by atoms with Crippen molar-refractivity contribution in [2.75, 3.05) is 0 Å². The molecule has 3 nitrogen and oxygen atoms in total. The van der Waals surface area contributed by atoms with Gasteiger partial charge in [0.05, 0.1) is 12.7 Å². The van der Waals surface area contributed by atoms with E-state index in [1.807, 2.05) is 0 Å². The first kappa shape index (κ1) is 21.8. The van der Waals surface area contributed by atoms with Gasteiger partial charge < -0.3 is 4.74 Å². The Labute approximate surface area is 198 Å². The number of fused-ring (bicyclic) bond motifs is 2. The third-order valence-electron chi connectivity index (χ3n) is 9.73. The number of rotatable bonds is 4. The molecule has 5 fully saturated rings. The van der Waals surface area contributed by atoms with Gasteiger partial charge in [0.25, 0.3) is 0 Å². The molecular formula is C30H38O3. The minimum Gasteiger partial charge on any atom is -0.373 e. The summed E-state index contributed by atoms with van der Waals surface area (Å²) in [6.45, 7) is 7.81. The molecule has 33 heavy (non-hydrogen) atoms. The largest absolute Gasteiger partial charge is 0.373 e. The van der Waals surface area contributed by atoms with Crippen LogP contribution in [0, 0.1) is 29.6 Å². The number of ether oxygens (including phenoxy) is 1. The Kier molecular flexibility index (Phi) is 5.44. The predicted molar refractivity (Wildman–Crippen MR) is 130 cm³/mol. The molecule has 2 heterocycles. The SMILES string of the molecule is C[C@H]1[C@H](OCc2ccc(-c3ccccc3)cc2)C[C@@H]2C[C@]3(C)CCC4[C@H](C)CC[C@@H]1C42OO3. The van der Waals surface area contributed by atoms with E-state index in [0.717, 1.165) is 25.2 Å². The molecule has 0 radical (unpaired) electrons. The van der Waals surface area contributed by atoms with Crippen molar-refractivity contribution < 1.29 is 14.5 Å². The van der Waals surface area contributed by atoms with Gasteiger partial charge in [-0.25, -0.2) is 9.78 Å². The molecule has 8 atom stereocenters. The second-order valence-electron chi connectivity index (χ2n) is 11.7. The quantitative estimate of drug-likeness (QED) is 0.465. The summed E-state index contributed by atoms with van der Waals surface area (Å²) in [6, 6.07) is 19.5. The average molecular weight is 447 g/mol. The van der Waals surface area contributed by atoms with Crippen molar-refractivity contribution in [2.24, 2.45) is 29.6 Å². The first-order valence-corrected chi connectivity index (χ1v) is 13.1. The fourth-order valence-corrected chi connectivity index (χ4v) is 7.93. The highest BCUT2D eigenvalue weighted by Crippen LogP contribution is 2.64. The maximum Gasteiger partial charge on any atom is 0.113 e. The summed E-state index contributed by atoms with van der Waals surface area (Å²) in [5.41, 5.74) is 3.55. The third-order valence-corrected chi connectivity index (χ3v) is 9.73. The molecule has 2 unspecified atom stereocenters. The van der Waals surface area contributed by atoms with Gasteiger partial charge in [-0.1, -0.05) is 68.4 Å². The van der Waals surface area contributed by atoms with E-state index in [2.05, 4.69) is 75.4 Å². The van der Waals surface area contributed by atoms with Gasteiger partial charge in [-0.2, -0.15) is 0 Å². The lowest BCUT2D eigenvalue weighted by Crippen LogP contribution is -2.66. The van der Waals surface area contributed by atoms with E-state index in [9.17, 15) is 0 Å². The Morgan fingerprint density at radius 2 is 1.64 bits per heavy atom. The minimum absolute atomic E-state index is 0.0930. The van der Waals surface area contributed by atoms with Gasteiger partial charge in [0.1, 0.15) is 11.2 Å². The molecular weight excluding hydrogens is 408 g/mol. The van der Waals surface area contributed by atoms with Crippen LogP contribution in [0.4, 0.5) is 0 Å². The molecule has 0 aromatic heterocycles. The summed E-state index contributed by atoms with van der Waals surface area (Å²) in [4.78, 5) is 12.7. The van der Waals surface area contributed by atoms with Gasteiger partial charge in [-0.3, -0.25) is 0 Å². The fourth-order valence-electron chi connectivity index (χ4n) is 7.93. The lowest BCUT2D eigenvalue weighted by atomic mass is 9.51. The van der Waals surface area contributed by atoms with Crippen molar-refractivity contribution in [1.29, 1.82) is 0 Å². The van der Waals surface area contributed by atoms with Crippen LogP contribution < -0.4 is 0 Å². The first-order chi connectivity index (χ1) is 16.0. The lowest BCUT2D eigenvalue weighted by Gasteiger charge is -2.61. The van der Waals surface area contributed by atoms with E-state index < -0.39 is 0 Å². The average Bonchev–Trinajstić information content (AvgIpc) is 3.07. The predicted octanol–water partition coefficient (Wildman–Crippen LogP) is 7.20. The summed E-state index contributed by atoms with van der Waals surface area (Å²) in [5.74, 6) is 2.91. The van der Waals surface area contributed by atoms with Crippen molar-refractivity contribution in [1.82, 2.24) is 0 Å². The highest BCUT2D eigenvalue weighted by Gasteiger charge is 2.67. The van der Waals surface area contributed by atoms with Crippen LogP contribution in [0.2, 0.25) is 0 Å². The highest BCUT2D eigenvalue weighted by atomic mass is 17.2. The van der Waals surface area contributed by atoms with E-state index in [1.54, 1.807) is 0 Å². The van der Waals surface area contributed by atoms with Crippen LogP contribution in [-0.2, 0) is 21.1 Å². The van der Waals surface area contributed by atoms with Crippen LogP contribution >= 0.6 is 0 Å². The molecule has 5 aliphatic rings. The van der Waals surface area contributed by atoms with Crippen LogP contribution in [0.25, 0.3) is 11.1 Å². The minimum atomic E-state index is -0.129. The van der Waals surface area contributed by atoms with Crippen molar-refractivity contribution in [3.8, 4) is 11.1 Å². The molecule has 2 saturated heterocycles. The Hall–Kier alpha value is -1.68. The number of hydrogen-bond acceptors (Lipinski definition) is 3. The number of hydrogen-bond donors (Lipinski definition) is 0. The van der Waals surface area contributed by atoms with E-state index in [0.29, 0.717) is 36.4 Å². The van der Waals surface area contributed by atoms with Gasteiger partial charge in [0.2, 0.25) is 0 Å². The second kappa shape index (κ2) is 8.22. The van der Waals surface area contributed by atoms with Crippen molar-refractivity contribution in [3.63, 3.8) is 0 Å². The fraction of sp³-hybridized carbons (Fsp3) is 0.600. The van der Waals surface area contributed by atoms with Crippen LogP contribution in [-0.4, -0.2) is 17.3 Å². The van der Waals surface area contributed by atoms with E-state index >= 15 is 0 Å². The monoisotopic (exact) mass is 446 g/mol. The molecule has 2 aromatic rings. The van der Waals surface area contributed by atoms with Crippen LogP contribution in [0.5, 0.6) is 0 Å². The third kappa shape index (κ3) is 3.59. The van der Waals surface area contributed by atoms with E-state index in [1.165, 1.54) is 36.0 Å². The second-order valence-corrected chi connectivity index (χ2v) is 11.7. The normalized spacial score (nSPS) is 41.9. The molecule has 2 bridgehead atoms. The molecule has 0 N–H and O–H groups in total. The Morgan fingerprint density at radius 3 is 2.42 bits per heavy atom. The van der Waals surface area contributed by atoms with Gasteiger partial charge in [0, 0.05) is 0 Å². The number of benzene rings is 2. The maximum absolute atomic E-state index is 6.68. The summed E-state index contributed by atoms with van der Waals surface area (Å²) < 4.78 is 6.68. The smallest absolute Gasteiger partial charge is 0.113 e. The molecule has 2 aromatic carbocycles. The lowest BCUT2D eigenvalue weighted by molar-refractivity contribution is -0.475. The van der Waals surface area contributed by atoms with E-state index in [-0.39, 0.29) is 11.2 Å². The van der Waals surface area contributed by atoms with Crippen molar-refractivity contribution >= 4 is 0 Å². The van der Waals surface area contributed by atoms with Crippen LogP contribution in [0.15, 0.2) is 54.6 Å². The molecule has 7 rings (SSSR count). The zero-order chi connectivity index (χ0) is 22.6. The summed E-state index contributed by atoms with van der Waals surface area (Å²) in [6.07, 6.45) is 7.42. The molecule has 1 spiro atoms. The zero-order valence-corrected chi connectivity index (χ0v) is 20.3. The summed E-state index contributed by atoms with van der Waals surface area (Å²) >= 11 is 0. The van der Waals surface area contributed by atoms with Crippen molar-refractivity contribution in [3.05, 3.63) is 60.2 Å². The zero-order valence-electron chi connectivity index (χ0n) is 20.3. The molecule has 2 aliphatic heterocycles. The molecule has 3 saturated carbocycles. The Balaban J connectivity index is 1.20.